The zero-order valence-electron chi connectivity index (χ0n) is 10.9. The van der Waals surface area contributed by atoms with Crippen LogP contribution in [0.5, 0.6) is 5.75 Å². The van der Waals surface area contributed by atoms with E-state index in [4.69, 9.17) is 4.74 Å². The number of nitrogens with one attached hydrogen (secondary N) is 2. The molecular formula is C11H15N5O3. The maximum absolute atomic E-state index is 11.7. The summed E-state index contributed by atoms with van der Waals surface area (Å²) in [5, 5.41) is 5.15. The largest absolute Gasteiger partial charge is 0.490 e. The molecule has 0 spiro atoms. The van der Waals surface area contributed by atoms with Gasteiger partial charge in [-0.1, -0.05) is 0 Å². The highest BCUT2D eigenvalue weighted by Crippen LogP contribution is 2.33. The minimum absolute atomic E-state index is 0.0451. The fraction of sp³-hybridized carbons (Fsp3) is 0.455. The van der Waals surface area contributed by atoms with Crippen molar-refractivity contribution in [3.63, 3.8) is 0 Å². The molecule has 102 valence electrons. The number of aromatic nitrogens is 2. The van der Waals surface area contributed by atoms with Crippen molar-refractivity contribution in [1.29, 1.82) is 0 Å². The summed E-state index contributed by atoms with van der Waals surface area (Å²) in [6, 6.07) is -0.508. The number of piperazine rings is 1. The van der Waals surface area contributed by atoms with Crippen LogP contribution < -0.4 is 20.3 Å². The van der Waals surface area contributed by atoms with Crippen LogP contribution in [0.4, 0.5) is 11.6 Å². The zero-order valence-corrected chi connectivity index (χ0v) is 10.9. The van der Waals surface area contributed by atoms with Gasteiger partial charge in [0.25, 0.3) is 0 Å². The molecule has 0 saturated carbocycles. The summed E-state index contributed by atoms with van der Waals surface area (Å²) >= 11 is 0. The van der Waals surface area contributed by atoms with Gasteiger partial charge in [0.15, 0.2) is 11.6 Å². The van der Waals surface area contributed by atoms with Crippen LogP contribution in [0.15, 0.2) is 6.33 Å². The topological polar surface area (TPSA) is 96.5 Å². The van der Waals surface area contributed by atoms with Crippen molar-refractivity contribution in [2.24, 2.45) is 0 Å². The van der Waals surface area contributed by atoms with Gasteiger partial charge in [0, 0.05) is 7.05 Å². The minimum atomic E-state index is -0.508. The van der Waals surface area contributed by atoms with Crippen molar-refractivity contribution in [1.82, 2.24) is 15.3 Å². The third kappa shape index (κ3) is 2.28. The Bertz CT molecular complexity index is 519. The first-order valence-electron chi connectivity index (χ1n) is 5.75. The Morgan fingerprint density at radius 2 is 2.21 bits per heavy atom. The third-order valence-electron chi connectivity index (χ3n) is 2.92. The van der Waals surface area contributed by atoms with Crippen molar-refractivity contribution in [3.8, 4) is 5.75 Å². The quantitative estimate of drug-likeness (QED) is 0.703. The fourth-order valence-corrected chi connectivity index (χ4v) is 1.91. The predicted molar refractivity (Wildman–Crippen MR) is 68.1 cm³/mol. The second-order valence-corrected chi connectivity index (χ2v) is 4.05. The zero-order chi connectivity index (χ0) is 14.0. The Morgan fingerprint density at radius 3 is 2.84 bits per heavy atom. The minimum Gasteiger partial charge on any atom is -0.490 e. The summed E-state index contributed by atoms with van der Waals surface area (Å²) < 4.78 is 5.27. The van der Waals surface area contributed by atoms with Gasteiger partial charge in [-0.25, -0.2) is 9.97 Å². The summed E-state index contributed by atoms with van der Waals surface area (Å²) in [5.74, 6) is 0.590. The number of amides is 2. The molecule has 2 N–H and O–H groups in total. The lowest BCUT2D eigenvalue weighted by molar-refractivity contribution is -0.132. The number of carbonyl (C=O) groups excluding carboxylic acids is 2. The molecule has 1 saturated heterocycles. The second kappa shape index (κ2) is 5.09. The van der Waals surface area contributed by atoms with Crippen LogP contribution in [-0.2, 0) is 9.59 Å². The van der Waals surface area contributed by atoms with Crippen LogP contribution in [0.3, 0.4) is 0 Å². The number of methoxy groups -OCH3 is 1. The monoisotopic (exact) mass is 265 g/mol. The highest BCUT2D eigenvalue weighted by Gasteiger charge is 2.33. The molecule has 8 nitrogen and oxygen atoms in total. The molecule has 0 bridgehead atoms. The van der Waals surface area contributed by atoms with Gasteiger partial charge in [-0.15, -0.1) is 0 Å². The van der Waals surface area contributed by atoms with Crippen LogP contribution in [0, 0.1) is 0 Å². The van der Waals surface area contributed by atoms with E-state index in [0.29, 0.717) is 17.4 Å². The number of carbonyl (C=O) groups is 2. The van der Waals surface area contributed by atoms with Crippen LogP contribution in [0.25, 0.3) is 0 Å². The first kappa shape index (κ1) is 13.1. The van der Waals surface area contributed by atoms with Gasteiger partial charge in [-0.05, 0) is 6.92 Å². The van der Waals surface area contributed by atoms with Gasteiger partial charge in [0.2, 0.25) is 17.6 Å². The number of rotatable bonds is 3. The van der Waals surface area contributed by atoms with Gasteiger partial charge in [-0.2, -0.15) is 0 Å². The average Bonchev–Trinajstić information content (AvgIpc) is 2.41. The summed E-state index contributed by atoms with van der Waals surface area (Å²) in [5.41, 5.74) is 0. The SMILES string of the molecule is CNc1ncnc(N2CC(=O)NC(=O)C2C)c1OC. The van der Waals surface area contributed by atoms with E-state index in [0.717, 1.165) is 0 Å². The predicted octanol–water partition coefficient (Wildman–Crippen LogP) is -0.622. The van der Waals surface area contributed by atoms with E-state index in [9.17, 15) is 9.59 Å². The van der Waals surface area contributed by atoms with Crippen molar-refractivity contribution >= 4 is 23.5 Å². The number of ether oxygens (including phenoxy) is 1. The highest BCUT2D eigenvalue weighted by molar-refractivity contribution is 6.04. The molecule has 0 aromatic carbocycles. The van der Waals surface area contributed by atoms with Crippen molar-refractivity contribution in [3.05, 3.63) is 6.33 Å². The molecule has 1 aromatic heterocycles. The van der Waals surface area contributed by atoms with Gasteiger partial charge in [-0.3, -0.25) is 14.9 Å². The fourth-order valence-electron chi connectivity index (χ4n) is 1.91. The number of imide groups is 1. The van der Waals surface area contributed by atoms with Gasteiger partial charge < -0.3 is 15.0 Å². The third-order valence-corrected chi connectivity index (χ3v) is 2.92. The van der Waals surface area contributed by atoms with E-state index in [1.54, 1.807) is 18.9 Å². The van der Waals surface area contributed by atoms with Crippen LogP contribution in [0.2, 0.25) is 0 Å². The molecule has 1 aliphatic heterocycles. The Labute approximate surface area is 110 Å². The molecule has 1 aromatic rings. The molecule has 2 rings (SSSR count). The van der Waals surface area contributed by atoms with Crippen LogP contribution in [-0.4, -0.2) is 48.5 Å². The van der Waals surface area contributed by atoms with Crippen LogP contribution >= 0.6 is 0 Å². The Balaban J connectivity index is 2.45. The van der Waals surface area contributed by atoms with E-state index >= 15 is 0 Å². The molecule has 8 heteroatoms. The molecule has 1 atom stereocenters. The molecular weight excluding hydrogens is 250 g/mol. The van der Waals surface area contributed by atoms with E-state index in [-0.39, 0.29) is 18.4 Å². The summed E-state index contributed by atoms with van der Waals surface area (Å²) in [7, 11) is 3.19. The first-order chi connectivity index (χ1) is 9.08. The van der Waals surface area contributed by atoms with Crippen molar-refractivity contribution < 1.29 is 14.3 Å². The van der Waals surface area contributed by atoms with E-state index < -0.39 is 6.04 Å². The Morgan fingerprint density at radius 1 is 1.47 bits per heavy atom. The number of hydrogen-bond acceptors (Lipinski definition) is 7. The molecule has 2 heterocycles. The van der Waals surface area contributed by atoms with Crippen LogP contribution in [0.1, 0.15) is 6.92 Å². The Kier molecular flexibility index (Phi) is 3.50. The summed E-state index contributed by atoms with van der Waals surface area (Å²) in [4.78, 5) is 32.9. The summed E-state index contributed by atoms with van der Waals surface area (Å²) in [6.07, 6.45) is 1.35. The Hall–Kier alpha value is -2.38. The molecule has 1 fully saturated rings. The number of nitrogens with zero attached hydrogens (tertiary/aromatic N) is 3. The van der Waals surface area contributed by atoms with Crippen molar-refractivity contribution in [2.75, 3.05) is 30.9 Å². The highest BCUT2D eigenvalue weighted by atomic mass is 16.5. The normalized spacial score (nSPS) is 19.1. The van der Waals surface area contributed by atoms with E-state index in [2.05, 4.69) is 20.6 Å². The molecule has 2 amide bonds. The van der Waals surface area contributed by atoms with Gasteiger partial charge in [0.05, 0.1) is 13.7 Å². The van der Waals surface area contributed by atoms with Gasteiger partial charge >= 0.3 is 0 Å². The molecule has 0 aliphatic carbocycles. The lowest BCUT2D eigenvalue weighted by Gasteiger charge is -2.33. The number of hydrogen-bond donors (Lipinski definition) is 2. The molecule has 1 aliphatic rings. The van der Waals surface area contributed by atoms with E-state index in [1.165, 1.54) is 13.4 Å². The standard InChI is InChI=1S/C11H15N5O3/c1-6-11(18)15-7(17)4-16(6)10-8(19-3)9(12-2)13-5-14-10/h5-6H,4H2,1-3H3,(H,12,13,14)(H,15,17,18). The smallest absolute Gasteiger partial charge is 0.249 e. The second-order valence-electron chi connectivity index (χ2n) is 4.05. The van der Waals surface area contributed by atoms with E-state index in [1.807, 2.05) is 0 Å². The molecule has 0 radical (unpaired) electrons. The lowest BCUT2D eigenvalue weighted by Crippen LogP contribution is -2.57. The van der Waals surface area contributed by atoms with Gasteiger partial charge in [0.1, 0.15) is 12.4 Å². The maximum Gasteiger partial charge on any atom is 0.249 e. The molecule has 19 heavy (non-hydrogen) atoms. The number of anilines is 2. The van der Waals surface area contributed by atoms with Crippen molar-refractivity contribution in [2.45, 2.75) is 13.0 Å². The molecule has 1 unspecified atom stereocenters. The lowest BCUT2D eigenvalue weighted by atomic mass is 10.2. The first-order valence-corrected chi connectivity index (χ1v) is 5.75. The average molecular weight is 265 g/mol. The summed E-state index contributed by atoms with van der Waals surface area (Å²) in [6.45, 7) is 1.74. The maximum atomic E-state index is 11.7.